The normalized spacial score (nSPS) is 26.5. The first kappa shape index (κ1) is 66.9. The number of aryl methyl sites for hydroxylation is 1. The fourth-order valence-electron chi connectivity index (χ4n) is 11.5. The zero-order valence-corrected chi connectivity index (χ0v) is 52.4. The minimum absolute atomic E-state index is 0.0178. The SMILES string of the molecule is CCC(C)C1NC(=O)[C@@H]2CCCN2C(=O)C(Cc2cccc(-c3cccc4c3cnn4C)c2)N(C)C(=O)C(Cc2ccccc2)NC(=O)[C@H](C)N(C)C(=O)C([C@H](C)CC)OC(=O)C(C(C)(C)O)N(C)C(O)C(CC(C)C)NC(=O)[C@H](C)N(C)C1=O. The number of aliphatic hydroxyl groups is 2. The number of hydrogen-bond donors (Lipinski definition) is 5. The van der Waals surface area contributed by atoms with E-state index in [1.54, 1.807) is 55.9 Å². The average molecular weight is 1180 g/mol. The number of carbonyl (C=O) groups is 8. The van der Waals surface area contributed by atoms with Crippen molar-refractivity contribution in [1.29, 1.82) is 0 Å². The van der Waals surface area contributed by atoms with E-state index in [-0.39, 0.29) is 38.1 Å². The van der Waals surface area contributed by atoms with Crippen molar-refractivity contribution in [2.24, 2.45) is 24.8 Å². The van der Waals surface area contributed by atoms with E-state index in [1.807, 2.05) is 76.3 Å². The summed E-state index contributed by atoms with van der Waals surface area (Å²) in [5, 5.41) is 38.0. The molecule has 2 aliphatic heterocycles. The van der Waals surface area contributed by atoms with Crippen molar-refractivity contribution < 1.29 is 53.3 Å². The summed E-state index contributed by atoms with van der Waals surface area (Å²) in [4.78, 5) is 125. The van der Waals surface area contributed by atoms with Crippen molar-refractivity contribution in [3.63, 3.8) is 0 Å². The third kappa shape index (κ3) is 15.6. The molecule has 5 N–H and O–H groups in total. The van der Waals surface area contributed by atoms with Crippen molar-refractivity contribution in [2.75, 3.05) is 34.7 Å². The maximum atomic E-state index is 15.6. The summed E-state index contributed by atoms with van der Waals surface area (Å²) < 4.78 is 7.86. The summed E-state index contributed by atoms with van der Waals surface area (Å²) in [5.74, 6) is -6.76. The van der Waals surface area contributed by atoms with Crippen LogP contribution in [0.15, 0.2) is 79.0 Å². The van der Waals surface area contributed by atoms with E-state index in [0.29, 0.717) is 30.4 Å². The van der Waals surface area contributed by atoms with Gasteiger partial charge >= 0.3 is 5.97 Å². The Kier molecular flexibility index (Phi) is 22.6. The molecule has 8 unspecified atom stereocenters. The molecule has 0 radical (unpaired) electrons. The minimum atomic E-state index is -1.91. The first-order chi connectivity index (χ1) is 40.0. The van der Waals surface area contributed by atoms with Crippen LogP contribution >= 0.6 is 0 Å². The number of hydrogen-bond acceptors (Lipinski definition) is 13. The number of likely N-dealkylation sites (N-methyl/N-ethyl adjacent to an activating group) is 4. The number of benzene rings is 3. The highest BCUT2D eigenvalue weighted by Crippen LogP contribution is 2.31. The molecule has 0 aliphatic carbocycles. The molecule has 0 bridgehead atoms. The van der Waals surface area contributed by atoms with Gasteiger partial charge in [0.15, 0.2) is 6.10 Å². The van der Waals surface area contributed by atoms with Crippen molar-refractivity contribution in [2.45, 2.75) is 180 Å². The fraction of sp³-hybridized carbons (Fsp3) is 0.578. The van der Waals surface area contributed by atoms with Crippen molar-refractivity contribution in [3.8, 4) is 11.1 Å². The molecule has 7 amide bonds. The Balaban J connectivity index is 1.48. The van der Waals surface area contributed by atoms with Gasteiger partial charge in [-0.05, 0) is 101 Å². The molecule has 1 aromatic heterocycles. The lowest BCUT2D eigenvalue weighted by atomic mass is 9.94. The molecule has 3 heterocycles. The van der Waals surface area contributed by atoms with Crippen LogP contribution in [-0.2, 0) is 63.0 Å². The molecular weight excluding hydrogens is 1080 g/mol. The number of carbonyl (C=O) groups excluding carboxylic acids is 8. The van der Waals surface area contributed by atoms with E-state index in [1.165, 1.54) is 75.5 Å². The Labute approximate surface area is 501 Å². The van der Waals surface area contributed by atoms with Crippen LogP contribution in [0, 0.1) is 17.8 Å². The number of nitrogens with zero attached hydrogens (tertiary/aromatic N) is 7. The molecule has 2 fully saturated rings. The van der Waals surface area contributed by atoms with Crippen LogP contribution in [0.4, 0.5) is 0 Å². The standard InChI is InChI=1S/C64H92N10O11/c1-16-38(5)52-61(81)69(11)40(7)55(75)66-47(32-37(3)4)59(79)72(14)54(64(9,10)84)63(83)85-53(39(6)17-2)62(82)70(12)41(8)56(76)67-48(34-42-24-19-18-20-25-42)58(78)71(13)51(60(80)74-31-23-30-50(74)57(77)68-52)35-43-26-21-27-44(33-43)45-28-22-29-49-46(45)36-65-73(49)15/h18-22,24-29,33,36-41,47-48,50-54,59,79,84H,16-17,23,30-32,34-35H2,1-15H3,(H,66,75)(H,67,76)(H,68,77)/t38?,39-,40+,41+,47?,48?,50+,51?,52?,53?,54?,59?/m1/s1. The fourth-order valence-corrected chi connectivity index (χ4v) is 11.5. The van der Waals surface area contributed by atoms with Gasteiger partial charge in [-0.3, -0.25) is 47.9 Å². The number of amides is 7. The summed E-state index contributed by atoms with van der Waals surface area (Å²) >= 11 is 0. The van der Waals surface area contributed by atoms with Gasteiger partial charge in [0.2, 0.25) is 35.4 Å². The zero-order chi connectivity index (χ0) is 62.9. The van der Waals surface area contributed by atoms with Gasteiger partial charge in [0, 0.05) is 58.9 Å². The van der Waals surface area contributed by atoms with Crippen molar-refractivity contribution in [1.82, 2.24) is 50.2 Å². The monoisotopic (exact) mass is 1180 g/mol. The molecule has 85 heavy (non-hydrogen) atoms. The molecule has 0 spiro atoms. The first-order valence-corrected chi connectivity index (χ1v) is 29.9. The van der Waals surface area contributed by atoms with E-state index in [9.17, 15) is 39.0 Å². The number of fused-ring (bicyclic) bond motifs is 2. The van der Waals surface area contributed by atoms with Gasteiger partial charge in [-0.1, -0.05) is 115 Å². The van der Waals surface area contributed by atoms with Gasteiger partial charge in [-0.25, -0.2) is 0 Å². The van der Waals surface area contributed by atoms with E-state index < -0.39 is 125 Å². The molecule has 464 valence electrons. The Hall–Kier alpha value is -7.23. The first-order valence-electron chi connectivity index (χ1n) is 29.9. The molecule has 2 aliphatic rings. The van der Waals surface area contributed by atoms with Gasteiger partial charge in [0.05, 0.1) is 23.4 Å². The number of rotatable bonds is 12. The summed E-state index contributed by atoms with van der Waals surface area (Å²) in [6.07, 6.45) is 0.260. The summed E-state index contributed by atoms with van der Waals surface area (Å²) in [7, 11) is 7.57. The molecule has 21 nitrogen and oxygen atoms in total. The number of aliphatic hydroxyl groups excluding tert-OH is 1. The Morgan fingerprint density at radius 2 is 1.31 bits per heavy atom. The number of cyclic esters (lactones) is 1. The lowest BCUT2D eigenvalue weighted by Gasteiger charge is -2.41. The maximum Gasteiger partial charge on any atom is 0.327 e. The second kappa shape index (κ2) is 28.8. The topological polar surface area (TPSA) is 256 Å². The Morgan fingerprint density at radius 1 is 0.694 bits per heavy atom. The number of aromatic nitrogens is 2. The van der Waals surface area contributed by atoms with Crippen LogP contribution in [-0.4, -0.2) is 193 Å². The molecular formula is C64H92N10O11. The molecule has 21 heteroatoms. The lowest BCUT2D eigenvalue weighted by molar-refractivity contribution is -0.181. The van der Waals surface area contributed by atoms with Crippen LogP contribution in [0.5, 0.6) is 0 Å². The van der Waals surface area contributed by atoms with Gasteiger partial charge in [-0.15, -0.1) is 0 Å². The van der Waals surface area contributed by atoms with Gasteiger partial charge in [0.1, 0.15) is 48.5 Å². The third-order valence-corrected chi connectivity index (χ3v) is 17.5. The van der Waals surface area contributed by atoms with Crippen LogP contribution in [0.25, 0.3) is 22.0 Å². The van der Waals surface area contributed by atoms with E-state index in [2.05, 4.69) is 21.0 Å². The van der Waals surface area contributed by atoms with Gasteiger partial charge in [0.25, 0.3) is 5.91 Å². The van der Waals surface area contributed by atoms with E-state index in [0.717, 1.165) is 26.9 Å². The highest BCUT2D eigenvalue weighted by atomic mass is 16.6. The van der Waals surface area contributed by atoms with Crippen LogP contribution in [0.3, 0.4) is 0 Å². The highest BCUT2D eigenvalue weighted by Gasteiger charge is 2.47. The number of nitrogens with one attached hydrogen (secondary N) is 3. The molecule has 12 atom stereocenters. The lowest BCUT2D eigenvalue weighted by Crippen LogP contribution is -2.63. The maximum absolute atomic E-state index is 15.6. The predicted molar refractivity (Wildman–Crippen MR) is 324 cm³/mol. The van der Waals surface area contributed by atoms with Crippen molar-refractivity contribution in [3.05, 3.63) is 90.1 Å². The third-order valence-electron chi connectivity index (χ3n) is 17.5. The predicted octanol–water partition coefficient (Wildman–Crippen LogP) is 4.45. The molecule has 0 saturated carbocycles. The van der Waals surface area contributed by atoms with Crippen molar-refractivity contribution >= 4 is 58.2 Å². The van der Waals surface area contributed by atoms with Crippen LogP contribution in [0.1, 0.15) is 112 Å². The average Bonchev–Trinajstić information content (AvgIpc) is 4.25. The van der Waals surface area contributed by atoms with Gasteiger partial charge < -0.3 is 50.5 Å². The van der Waals surface area contributed by atoms with E-state index >= 15 is 9.59 Å². The number of esters is 1. The Bertz CT molecular complexity index is 3020. The largest absolute Gasteiger partial charge is 0.451 e. The van der Waals surface area contributed by atoms with Crippen LogP contribution in [0.2, 0.25) is 0 Å². The Morgan fingerprint density at radius 3 is 1.93 bits per heavy atom. The number of ether oxygens (including phenoxy) is 1. The minimum Gasteiger partial charge on any atom is -0.451 e. The quantitative estimate of drug-likeness (QED) is 0.123. The highest BCUT2D eigenvalue weighted by molar-refractivity contribution is 5.99. The molecule has 2 saturated heterocycles. The zero-order valence-electron chi connectivity index (χ0n) is 52.4. The summed E-state index contributed by atoms with van der Waals surface area (Å²) in [6.45, 7) is 16.8. The second-order valence-corrected chi connectivity index (χ2v) is 24.6. The second-order valence-electron chi connectivity index (χ2n) is 24.6. The molecule has 3 aromatic carbocycles. The summed E-state index contributed by atoms with van der Waals surface area (Å²) in [5.41, 5.74) is 2.11. The molecule has 6 rings (SSSR count). The van der Waals surface area contributed by atoms with E-state index in [4.69, 9.17) is 4.74 Å². The molecule has 4 aromatic rings. The van der Waals surface area contributed by atoms with Crippen LogP contribution < -0.4 is 16.0 Å². The van der Waals surface area contributed by atoms with Gasteiger partial charge in [-0.2, -0.15) is 5.10 Å². The summed E-state index contributed by atoms with van der Waals surface area (Å²) in [6, 6.07) is 12.6. The smallest absolute Gasteiger partial charge is 0.327 e.